The minimum Gasteiger partial charge on any atom is -0.469 e. The molecule has 2 atom stereocenters. The van der Waals surface area contributed by atoms with Gasteiger partial charge >= 0.3 is 12.1 Å². The SMILES string of the molecule is COC(=O)C1CC(C(C)(C)F)CN(C(=O)OC(C)(C)C)C1. The molecule has 0 radical (unpaired) electrons. The van der Waals surface area contributed by atoms with Gasteiger partial charge in [-0.25, -0.2) is 9.18 Å². The highest BCUT2D eigenvalue weighted by Gasteiger charge is 2.42. The smallest absolute Gasteiger partial charge is 0.410 e. The molecule has 1 aliphatic rings. The molecule has 0 aromatic heterocycles. The van der Waals surface area contributed by atoms with E-state index in [9.17, 15) is 14.0 Å². The predicted octanol–water partition coefficient (Wildman–Crippen LogP) is 2.78. The van der Waals surface area contributed by atoms with Crippen LogP contribution in [-0.4, -0.2) is 48.4 Å². The number of ether oxygens (including phenoxy) is 2. The molecule has 1 aliphatic heterocycles. The van der Waals surface area contributed by atoms with Crippen LogP contribution in [-0.2, 0) is 14.3 Å². The third-order valence-corrected chi connectivity index (χ3v) is 3.61. The first-order valence-electron chi connectivity index (χ1n) is 7.18. The first-order chi connectivity index (χ1) is 9.44. The van der Waals surface area contributed by atoms with Gasteiger partial charge in [-0.1, -0.05) is 0 Å². The minimum atomic E-state index is -1.48. The molecule has 122 valence electrons. The highest BCUT2D eigenvalue weighted by Crippen LogP contribution is 2.33. The topological polar surface area (TPSA) is 55.8 Å². The lowest BCUT2D eigenvalue weighted by Gasteiger charge is -2.40. The van der Waals surface area contributed by atoms with Gasteiger partial charge in [-0.05, 0) is 41.0 Å². The summed E-state index contributed by atoms with van der Waals surface area (Å²) < 4.78 is 24.3. The zero-order chi connectivity index (χ0) is 16.4. The van der Waals surface area contributed by atoms with Crippen molar-refractivity contribution >= 4 is 12.1 Å². The van der Waals surface area contributed by atoms with E-state index in [1.807, 2.05) is 0 Å². The van der Waals surface area contributed by atoms with E-state index in [0.717, 1.165) is 0 Å². The van der Waals surface area contributed by atoms with Crippen LogP contribution in [0.4, 0.5) is 9.18 Å². The van der Waals surface area contributed by atoms with Gasteiger partial charge in [0.2, 0.25) is 0 Å². The van der Waals surface area contributed by atoms with Crippen LogP contribution in [0.3, 0.4) is 0 Å². The molecule has 1 saturated heterocycles. The molecule has 0 saturated carbocycles. The first-order valence-corrected chi connectivity index (χ1v) is 7.18. The van der Waals surface area contributed by atoms with Gasteiger partial charge in [-0.15, -0.1) is 0 Å². The van der Waals surface area contributed by atoms with Crippen LogP contribution in [0.1, 0.15) is 41.0 Å². The number of methoxy groups -OCH3 is 1. The maximum atomic E-state index is 14.3. The van der Waals surface area contributed by atoms with E-state index in [2.05, 4.69) is 0 Å². The van der Waals surface area contributed by atoms with Crippen LogP contribution in [0.15, 0.2) is 0 Å². The molecule has 21 heavy (non-hydrogen) atoms. The normalized spacial score (nSPS) is 23.7. The molecule has 1 fully saturated rings. The van der Waals surface area contributed by atoms with Gasteiger partial charge in [0.15, 0.2) is 0 Å². The van der Waals surface area contributed by atoms with Gasteiger partial charge in [-0.2, -0.15) is 0 Å². The van der Waals surface area contributed by atoms with Crippen LogP contribution < -0.4 is 0 Å². The van der Waals surface area contributed by atoms with E-state index in [1.165, 1.54) is 25.9 Å². The number of amides is 1. The van der Waals surface area contributed by atoms with Gasteiger partial charge < -0.3 is 14.4 Å². The average molecular weight is 303 g/mol. The van der Waals surface area contributed by atoms with Gasteiger partial charge in [0.1, 0.15) is 11.3 Å². The predicted molar refractivity (Wildman–Crippen MR) is 76.6 cm³/mol. The lowest BCUT2D eigenvalue weighted by atomic mass is 9.81. The Labute approximate surface area is 125 Å². The second-order valence-corrected chi connectivity index (χ2v) is 7.10. The number of likely N-dealkylation sites (tertiary alicyclic amines) is 1. The zero-order valence-corrected chi connectivity index (χ0v) is 13.7. The second-order valence-electron chi connectivity index (χ2n) is 7.10. The van der Waals surface area contributed by atoms with Crippen molar-refractivity contribution in [2.45, 2.75) is 52.3 Å². The van der Waals surface area contributed by atoms with Crippen molar-refractivity contribution in [2.75, 3.05) is 20.2 Å². The molecule has 0 aromatic rings. The average Bonchev–Trinajstić information content (AvgIpc) is 2.34. The molecule has 0 bridgehead atoms. The number of carbonyl (C=O) groups excluding carboxylic acids is 2. The monoisotopic (exact) mass is 303 g/mol. The maximum Gasteiger partial charge on any atom is 0.410 e. The van der Waals surface area contributed by atoms with Crippen LogP contribution in [0.25, 0.3) is 0 Å². The van der Waals surface area contributed by atoms with Crippen LogP contribution in [0.5, 0.6) is 0 Å². The number of halogens is 1. The molecule has 0 aromatic carbocycles. The maximum absolute atomic E-state index is 14.3. The van der Waals surface area contributed by atoms with Crippen molar-refractivity contribution in [1.82, 2.24) is 4.90 Å². The molecular weight excluding hydrogens is 277 g/mol. The van der Waals surface area contributed by atoms with Crippen molar-refractivity contribution in [2.24, 2.45) is 11.8 Å². The summed E-state index contributed by atoms with van der Waals surface area (Å²) in [4.78, 5) is 25.3. The van der Waals surface area contributed by atoms with Gasteiger partial charge in [0.25, 0.3) is 0 Å². The fraction of sp³-hybridized carbons (Fsp3) is 0.867. The van der Waals surface area contributed by atoms with Crippen molar-refractivity contribution in [1.29, 1.82) is 0 Å². The van der Waals surface area contributed by atoms with Crippen molar-refractivity contribution in [3.63, 3.8) is 0 Å². The first kappa shape index (κ1) is 17.7. The largest absolute Gasteiger partial charge is 0.469 e. The Morgan fingerprint density at radius 1 is 1.14 bits per heavy atom. The summed E-state index contributed by atoms with van der Waals surface area (Å²) in [7, 11) is 1.30. The number of carbonyl (C=O) groups is 2. The number of esters is 1. The fourth-order valence-electron chi connectivity index (χ4n) is 2.41. The lowest BCUT2D eigenvalue weighted by molar-refractivity contribution is -0.148. The Morgan fingerprint density at radius 3 is 2.14 bits per heavy atom. The Kier molecular flexibility index (Phi) is 5.23. The Bertz CT molecular complexity index is 397. The van der Waals surface area contributed by atoms with E-state index in [-0.39, 0.29) is 13.1 Å². The number of hydrogen-bond acceptors (Lipinski definition) is 4. The Hall–Kier alpha value is -1.33. The third-order valence-electron chi connectivity index (χ3n) is 3.61. The third kappa shape index (κ3) is 5.17. The number of piperidine rings is 1. The summed E-state index contributed by atoms with van der Waals surface area (Å²) in [6, 6.07) is 0. The molecule has 0 N–H and O–H groups in total. The Balaban J connectivity index is 2.88. The van der Waals surface area contributed by atoms with E-state index in [1.54, 1.807) is 20.8 Å². The fourth-order valence-corrected chi connectivity index (χ4v) is 2.41. The minimum absolute atomic E-state index is 0.203. The van der Waals surface area contributed by atoms with Gasteiger partial charge in [0, 0.05) is 19.0 Å². The van der Waals surface area contributed by atoms with E-state index < -0.39 is 35.2 Å². The highest BCUT2D eigenvalue weighted by molar-refractivity contribution is 5.75. The summed E-state index contributed by atoms with van der Waals surface area (Å²) >= 11 is 0. The second kappa shape index (κ2) is 6.20. The van der Waals surface area contributed by atoms with Crippen LogP contribution in [0, 0.1) is 11.8 Å². The summed E-state index contributed by atoms with van der Waals surface area (Å²) in [6.45, 7) is 8.67. The zero-order valence-electron chi connectivity index (χ0n) is 13.7. The molecule has 0 spiro atoms. The molecule has 0 aliphatic carbocycles. The van der Waals surface area contributed by atoms with Crippen molar-refractivity contribution in [3.8, 4) is 0 Å². The summed E-state index contributed by atoms with van der Waals surface area (Å²) in [5, 5.41) is 0. The molecule has 1 rings (SSSR count). The summed E-state index contributed by atoms with van der Waals surface area (Å²) in [6.07, 6.45) is -0.152. The molecule has 5 nitrogen and oxygen atoms in total. The molecule has 1 amide bonds. The highest BCUT2D eigenvalue weighted by atomic mass is 19.1. The quantitative estimate of drug-likeness (QED) is 0.736. The van der Waals surface area contributed by atoms with Crippen LogP contribution in [0.2, 0.25) is 0 Å². The van der Waals surface area contributed by atoms with Crippen LogP contribution >= 0.6 is 0 Å². The van der Waals surface area contributed by atoms with Gasteiger partial charge in [-0.3, -0.25) is 4.79 Å². The number of rotatable bonds is 2. The molecular formula is C15H26FNO4. The standard InChI is InChI=1S/C15H26FNO4/c1-14(2,3)21-13(19)17-8-10(12(18)20-6)7-11(9-17)15(4,5)16/h10-11H,7-9H2,1-6H3. The number of alkyl halides is 1. The van der Waals surface area contributed by atoms with E-state index >= 15 is 0 Å². The van der Waals surface area contributed by atoms with Crippen molar-refractivity contribution in [3.05, 3.63) is 0 Å². The number of nitrogens with zero attached hydrogens (tertiary/aromatic N) is 1. The van der Waals surface area contributed by atoms with E-state index in [4.69, 9.17) is 9.47 Å². The van der Waals surface area contributed by atoms with Crippen molar-refractivity contribution < 1.29 is 23.5 Å². The summed E-state index contributed by atoms with van der Waals surface area (Å²) in [5.41, 5.74) is -2.11. The lowest BCUT2D eigenvalue weighted by Crippen LogP contribution is -2.51. The molecule has 1 heterocycles. The van der Waals surface area contributed by atoms with E-state index in [0.29, 0.717) is 6.42 Å². The number of hydrogen-bond donors (Lipinski definition) is 0. The van der Waals surface area contributed by atoms with Gasteiger partial charge in [0.05, 0.1) is 13.0 Å². The molecule has 6 heteroatoms. The summed E-state index contributed by atoms with van der Waals surface area (Å²) in [5.74, 6) is -1.36. The Morgan fingerprint density at radius 2 is 1.71 bits per heavy atom. The molecule has 2 unspecified atom stereocenters.